The normalized spacial score (nSPS) is 10.8. The lowest BCUT2D eigenvalue weighted by atomic mass is 10.2. The minimum atomic E-state index is 0.577. The summed E-state index contributed by atoms with van der Waals surface area (Å²) in [6.45, 7) is 2.58. The fraction of sp³-hybridized carbons (Fsp3) is 0.125. The molecule has 2 aromatic rings. The zero-order chi connectivity index (χ0) is 12.8. The minimum Gasteiger partial charge on any atom is -0.487 e. The van der Waals surface area contributed by atoms with E-state index in [1.165, 1.54) is 5.56 Å². The van der Waals surface area contributed by atoms with Crippen LogP contribution >= 0.6 is 15.9 Å². The lowest BCUT2D eigenvalue weighted by Gasteiger charge is -2.11. The fourth-order valence-corrected chi connectivity index (χ4v) is 2.21. The van der Waals surface area contributed by atoms with Crippen molar-refractivity contribution >= 4 is 22.0 Å². The predicted molar refractivity (Wildman–Crippen MR) is 79.6 cm³/mol. The van der Waals surface area contributed by atoms with Gasteiger partial charge in [0.05, 0.1) is 4.47 Å². The molecular formula is C16H15BrO. The van der Waals surface area contributed by atoms with E-state index in [4.69, 9.17) is 4.74 Å². The molecule has 0 fully saturated rings. The van der Waals surface area contributed by atoms with Crippen molar-refractivity contribution in [2.24, 2.45) is 0 Å². The average Bonchev–Trinajstić information content (AvgIpc) is 2.40. The van der Waals surface area contributed by atoms with Gasteiger partial charge in [0.25, 0.3) is 0 Å². The summed E-state index contributed by atoms with van der Waals surface area (Å²) >= 11 is 3.53. The first kappa shape index (κ1) is 12.9. The molecule has 2 rings (SSSR count). The molecule has 0 bridgehead atoms. The maximum atomic E-state index is 5.91. The van der Waals surface area contributed by atoms with Gasteiger partial charge in [-0.15, -0.1) is 0 Å². The SMILES string of the molecule is C/C=C/c1cccc(Br)c1OCc1ccccc1. The van der Waals surface area contributed by atoms with Crippen LogP contribution in [-0.2, 0) is 6.61 Å². The van der Waals surface area contributed by atoms with Gasteiger partial charge < -0.3 is 4.74 Å². The number of ether oxygens (including phenoxy) is 1. The van der Waals surface area contributed by atoms with E-state index < -0.39 is 0 Å². The van der Waals surface area contributed by atoms with Gasteiger partial charge in [0.1, 0.15) is 12.4 Å². The lowest BCUT2D eigenvalue weighted by molar-refractivity contribution is 0.303. The maximum absolute atomic E-state index is 5.91. The van der Waals surface area contributed by atoms with Crippen LogP contribution in [0.25, 0.3) is 6.08 Å². The minimum absolute atomic E-state index is 0.577. The van der Waals surface area contributed by atoms with Crippen molar-refractivity contribution in [1.82, 2.24) is 0 Å². The lowest BCUT2D eigenvalue weighted by Crippen LogP contribution is -1.97. The molecule has 0 N–H and O–H groups in total. The molecule has 0 unspecified atom stereocenters. The third-order valence-corrected chi connectivity index (χ3v) is 3.19. The van der Waals surface area contributed by atoms with Crippen molar-refractivity contribution in [2.45, 2.75) is 13.5 Å². The van der Waals surface area contributed by atoms with Crippen LogP contribution in [0.1, 0.15) is 18.1 Å². The van der Waals surface area contributed by atoms with Gasteiger partial charge in [-0.25, -0.2) is 0 Å². The number of para-hydroxylation sites is 1. The predicted octanol–water partition coefficient (Wildman–Crippen LogP) is 5.06. The Morgan fingerprint density at radius 2 is 1.83 bits per heavy atom. The molecule has 0 aliphatic carbocycles. The number of hydrogen-bond donors (Lipinski definition) is 0. The van der Waals surface area contributed by atoms with Crippen molar-refractivity contribution < 1.29 is 4.74 Å². The Morgan fingerprint density at radius 3 is 2.56 bits per heavy atom. The van der Waals surface area contributed by atoms with Gasteiger partial charge in [-0.1, -0.05) is 54.6 Å². The van der Waals surface area contributed by atoms with Crippen molar-refractivity contribution in [1.29, 1.82) is 0 Å². The fourth-order valence-electron chi connectivity index (χ4n) is 1.72. The molecule has 0 radical (unpaired) electrons. The van der Waals surface area contributed by atoms with E-state index in [2.05, 4.69) is 28.1 Å². The number of halogens is 1. The van der Waals surface area contributed by atoms with E-state index in [-0.39, 0.29) is 0 Å². The van der Waals surface area contributed by atoms with Crippen LogP contribution in [0.5, 0.6) is 5.75 Å². The number of allylic oxidation sites excluding steroid dienone is 1. The Labute approximate surface area is 116 Å². The molecule has 2 heteroatoms. The van der Waals surface area contributed by atoms with Crippen LogP contribution < -0.4 is 4.74 Å². The molecule has 0 amide bonds. The summed E-state index contributed by atoms with van der Waals surface area (Å²) in [7, 11) is 0. The van der Waals surface area contributed by atoms with Crippen molar-refractivity contribution in [3.05, 3.63) is 70.2 Å². The highest BCUT2D eigenvalue weighted by Crippen LogP contribution is 2.30. The van der Waals surface area contributed by atoms with E-state index in [0.29, 0.717) is 6.61 Å². The average molecular weight is 303 g/mol. The van der Waals surface area contributed by atoms with Gasteiger partial charge in [-0.2, -0.15) is 0 Å². The molecule has 0 aliphatic heterocycles. The van der Waals surface area contributed by atoms with Crippen LogP contribution in [0.15, 0.2) is 59.1 Å². The first-order valence-corrected chi connectivity index (χ1v) is 6.68. The van der Waals surface area contributed by atoms with E-state index in [1.807, 2.05) is 55.5 Å². The molecule has 92 valence electrons. The highest BCUT2D eigenvalue weighted by molar-refractivity contribution is 9.10. The Balaban J connectivity index is 2.18. The van der Waals surface area contributed by atoms with Crippen molar-refractivity contribution in [3.63, 3.8) is 0 Å². The Kier molecular flexibility index (Phi) is 4.59. The van der Waals surface area contributed by atoms with Crippen LogP contribution in [0.3, 0.4) is 0 Å². The maximum Gasteiger partial charge on any atom is 0.141 e. The van der Waals surface area contributed by atoms with Crippen molar-refractivity contribution in [3.8, 4) is 5.75 Å². The van der Waals surface area contributed by atoms with E-state index in [9.17, 15) is 0 Å². The van der Waals surface area contributed by atoms with Gasteiger partial charge >= 0.3 is 0 Å². The van der Waals surface area contributed by atoms with Gasteiger partial charge in [0.2, 0.25) is 0 Å². The monoisotopic (exact) mass is 302 g/mol. The third kappa shape index (κ3) is 3.23. The highest BCUT2D eigenvalue weighted by atomic mass is 79.9. The second-order valence-electron chi connectivity index (χ2n) is 3.93. The Hall–Kier alpha value is -1.54. The summed E-state index contributed by atoms with van der Waals surface area (Å²) in [4.78, 5) is 0. The molecule has 0 atom stereocenters. The second-order valence-corrected chi connectivity index (χ2v) is 4.79. The zero-order valence-corrected chi connectivity index (χ0v) is 11.9. The molecule has 0 saturated heterocycles. The van der Waals surface area contributed by atoms with Crippen LogP contribution in [0.4, 0.5) is 0 Å². The van der Waals surface area contributed by atoms with Gasteiger partial charge in [-0.3, -0.25) is 0 Å². The smallest absolute Gasteiger partial charge is 0.141 e. The summed E-state index contributed by atoms with van der Waals surface area (Å²) < 4.78 is 6.89. The molecule has 18 heavy (non-hydrogen) atoms. The molecule has 1 nitrogen and oxygen atoms in total. The first-order chi connectivity index (χ1) is 8.81. The molecule has 0 aliphatic rings. The van der Waals surface area contributed by atoms with E-state index in [1.54, 1.807) is 0 Å². The van der Waals surface area contributed by atoms with Gasteiger partial charge in [0.15, 0.2) is 0 Å². The molecule has 0 aromatic heterocycles. The van der Waals surface area contributed by atoms with Crippen molar-refractivity contribution in [2.75, 3.05) is 0 Å². The third-order valence-electron chi connectivity index (χ3n) is 2.57. The Bertz CT molecular complexity index is 532. The molecule has 0 spiro atoms. The molecular weight excluding hydrogens is 288 g/mol. The van der Waals surface area contributed by atoms with Gasteiger partial charge in [-0.05, 0) is 34.5 Å². The zero-order valence-electron chi connectivity index (χ0n) is 10.3. The molecule has 0 heterocycles. The van der Waals surface area contributed by atoms with E-state index in [0.717, 1.165) is 15.8 Å². The summed E-state index contributed by atoms with van der Waals surface area (Å²) in [6.07, 6.45) is 4.06. The van der Waals surface area contributed by atoms with Crippen LogP contribution in [-0.4, -0.2) is 0 Å². The summed E-state index contributed by atoms with van der Waals surface area (Å²) in [6, 6.07) is 16.2. The van der Waals surface area contributed by atoms with Crippen LogP contribution in [0.2, 0.25) is 0 Å². The number of hydrogen-bond acceptors (Lipinski definition) is 1. The molecule has 0 saturated carbocycles. The summed E-state index contributed by atoms with van der Waals surface area (Å²) in [5.41, 5.74) is 2.25. The van der Waals surface area contributed by atoms with E-state index >= 15 is 0 Å². The summed E-state index contributed by atoms with van der Waals surface area (Å²) in [5.74, 6) is 0.888. The quantitative estimate of drug-likeness (QED) is 0.767. The first-order valence-electron chi connectivity index (χ1n) is 5.89. The molecule has 2 aromatic carbocycles. The van der Waals surface area contributed by atoms with Crippen LogP contribution in [0, 0.1) is 0 Å². The Morgan fingerprint density at radius 1 is 1.06 bits per heavy atom. The highest BCUT2D eigenvalue weighted by Gasteiger charge is 2.05. The topological polar surface area (TPSA) is 9.23 Å². The number of rotatable bonds is 4. The van der Waals surface area contributed by atoms with Gasteiger partial charge in [0, 0.05) is 5.56 Å². The summed E-state index contributed by atoms with van der Waals surface area (Å²) in [5, 5.41) is 0. The largest absolute Gasteiger partial charge is 0.487 e. The second kappa shape index (κ2) is 6.41. The standard InChI is InChI=1S/C16H15BrO/c1-2-7-14-10-6-11-15(17)16(14)18-12-13-8-4-3-5-9-13/h2-11H,12H2,1H3/b7-2+. The number of benzene rings is 2.